The Morgan fingerprint density at radius 1 is 1.39 bits per heavy atom. The van der Waals surface area contributed by atoms with Gasteiger partial charge in [0.1, 0.15) is 5.69 Å². The molecule has 6 nitrogen and oxygen atoms in total. The molecule has 1 amide bonds. The first-order chi connectivity index (χ1) is 11.1. The monoisotopic (exact) mass is 333 g/mol. The normalized spacial score (nSPS) is 16.1. The van der Waals surface area contributed by atoms with Gasteiger partial charge in [0.05, 0.1) is 6.54 Å². The van der Waals surface area contributed by atoms with Crippen LogP contribution in [0.15, 0.2) is 29.3 Å². The second-order valence-electron chi connectivity index (χ2n) is 5.65. The van der Waals surface area contributed by atoms with Crippen LogP contribution in [0.25, 0.3) is 10.9 Å². The Labute approximate surface area is 139 Å². The van der Waals surface area contributed by atoms with Crippen LogP contribution in [-0.2, 0) is 0 Å². The summed E-state index contributed by atoms with van der Waals surface area (Å²) in [6.45, 7) is 3.71. The van der Waals surface area contributed by atoms with E-state index in [1.165, 1.54) is 12.8 Å². The van der Waals surface area contributed by atoms with Gasteiger partial charge >= 0.3 is 0 Å². The van der Waals surface area contributed by atoms with Gasteiger partial charge in [-0.25, -0.2) is 0 Å². The average Bonchev–Trinajstić information content (AvgIpc) is 3.16. The summed E-state index contributed by atoms with van der Waals surface area (Å²) in [5.74, 6) is -0.182. The van der Waals surface area contributed by atoms with Gasteiger partial charge in [0.15, 0.2) is 5.96 Å². The molecule has 1 fully saturated rings. The van der Waals surface area contributed by atoms with Crippen LogP contribution in [-0.4, -0.2) is 47.9 Å². The Morgan fingerprint density at radius 3 is 2.91 bits per heavy atom. The highest BCUT2D eigenvalue weighted by molar-refractivity contribution is 6.35. The molecule has 0 radical (unpaired) electrons. The summed E-state index contributed by atoms with van der Waals surface area (Å²) in [6.07, 6.45) is 2.50. The van der Waals surface area contributed by atoms with Gasteiger partial charge in [-0.1, -0.05) is 17.7 Å². The van der Waals surface area contributed by atoms with Crippen LogP contribution < -0.4 is 11.1 Å². The van der Waals surface area contributed by atoms with Gasteiger partial charge in [0.25, 0.3) is 5.91 Å². The molecule has 1 aromatic carbocycles. The summed E-state index contributed by atoms with van der Waals surface area (Å²) >= 11 is 6.11. The fourth-order valence-electron chi connectivity index (χ4n) is 2.78. The molecule has 0 bridgehead atoms. The van der Waals surface area contributed by atoms with Crippen LogP contribution in [0.3, 0.4) is 0 Å². The van der Waals surface area contributed by atoms with Crippen molar-refractivity contribution in [1.82, 2.24) is 15.2 Å². The predicted octanol–water partition coefficient (Wildman–Crippen LogP) is 1.96. The first-order valence-corrected chi connectivity index (χ1v) is 8.12. The minimum Gasteiger partial charge on any atom is -0.370 e. The van der Waals surface area contributed by atoms with Crippen molar-refractivity contribution in [3.8, 4) is 0 Å². The summed E-state index contributed by atoms with van der Waals surface area (Å²) < 4.78 is 0. The number of carbonyl (C=O) groups is 1. The number of guanidine groups is 1. The standard InChI is InChI=1S/C16H20ClN5O/c17-12-4-3-5-13-11(12)10-14(20-13)15(23)21-16(18)19-6-9-22-7-1-2-8-22/h3-5,10,20H,1-2,6-9H2,(H3,18,19,21,23). The lowest BCUT2D eigenvalue weighted by Gasteiger charge is -2.12. The molecule has 3 rings (SSSR count). The minimum absolute atomic E-state index is 0.138. The smallest absolute Gasteiger partial charge is 0.274 e. The fourth-order valence-corrected chi connectivity index (χ4v) is 3.01. The van der Waals surface area contributed by atoms with Crippen molar-refractivity contribution in [3.63, 3.8) is 0 Å². The maximum atomic E-state index is 12.2. The van der Waals surface area contributed by atoms with Crippen LogP contribution in [0.5, 0.6) is 0 Å². The number of H-pyrrole nitrogens is 1. The number of aromatic nitrogens is 1. The maximum absolute atomic E-state index is 12.2. The Bertz CT molecular complexity index is 733. The summed E-state index contributed by atoms with van der Waals surface area (Å²) in [4.78, 5) is 21.8. The van der Waals surface area contributed by atoms with Crippen LogP contribution in [0, 0.1) is 0 Å². The lowest BCUT2D eigenvalue weighted by atomic mass is 10.2. The summed E-state index contributed by atoms with van der Waals surface area (Å²) in [6, 6.07) is 7.20. The van der Waals surface area contributed by atoms with E-state index in [0.29, 0.717) is 17.3 Å². The average molecular weight is 334 g/mol. The molecule has 0 aliphatic carbocycles. The number of nitrogens with two attached hydrogens (primary N) is 1. The molecular formula is C16H20ClN5O. The Hall–Kier alpha value is -2.05. The number of fused-ring (bicyclic) bond motifs is 1. The minimum atomic E-state index is -0.320. The summed E-state index contributed by atoms with van der Waals surface area (Å²) in [5, 5.41) is 4.01. The van der Waals surface area contributed by atoms with E-state index in [0.717, 1.165) is 30.5 Å². The molecule has 0 atom stereocenters. The number of aliphatic imine (C=N–C) groups is 1. The number of aromatic amines is 1. The number of hydrogen-bond acceptors (Lipinski definition) is 3. The van der Waals surface area contributed by atoms with Gasteiger partial charge in [-0.15, -0.1) is 0 Å². The van der Waals surface area contributed by atoms with Gasteiger partial charge in [0, 0.05) is 22.5 Å². The van der Waals surface area contributed by atoms with Crippen molar-refractivity contribution in [3.05, 3.63) is 35.0 Å². The lowest BCUT2D eigenvalue weighted by molar-refractivity contribution is 0.0972. The van der Waals surface area contributed by atoms with Crippen LogP contribution in [0.2, 0.25) is 5.02 Å². The van der Waals surface area contributed by atoms with Crippen molar-refractivity contribution >= 4 is 34.4 Å². The number of likely N-dealkylation sites (tertiary alicyclic amines) is 1. The number of nitrogens with zero attached hydrogens (tertiary/aromatic N) is 2. The molecule has 0 unspecified atom stereocenters. The number of carbonyl (C=O) groups excluding carboxylic acids is 1. The molecule has 2 heterocycles. The molecule has 7 heteroatoms. The molecule has 2 aromatic rings. The SMILES string of the molecule is NC(=NCCN1CCCC1)NC(=O)c1cc2c(Cl)cccc2[nH]1. The third kappa shape index (κ3) is 3.83. The van der Waals surface area contributed by atoms with Gasteiger partial charge in [-0.3, -0.25) is 15.1 Å². The van der Waals surface area contributed by atoms with Crippen molar-refractivity contribution in [2.24, 2.45) is 10.7 Å². The van der Waals surface area contributed by atoms with Gasteiger partial charge in [0.2, 0.25) is 0 Å². The second kappa shape index (κ2) is 7.02. The molecule has 1 aliphatic rings. The lowest BCUT2D eigenvalue weighted by Crippen LogP contribution is -2.37. The predicted molar refractivity (Wildman–Crippen MR) is 92.9 cm³/mol. The Balaban J connectivity index is 1.59. The number of benzene rings is 1. The van der Waals surface area contributed by atoms with E-state index in [1.54, 1.807) is 12.1 Å². The molecule has 1 aliphatic heterocycles. The molecule has 122 valence electrons. The number of rotatable bonds is 4. The highest BCUT2D eigenvalue weighted by Crippen LogP contribution is 2.23. The van der Waals surface area contributed by atoms with Gasteiger partial charge < -0.3 is 15.6 Å². The second-order valence-corrected chi connectivity index (χ2v) is 6.06. The van der Waals surface area contributed by atoms with Crippen LogP contribution in [0.1, 0.15) is 23.3 Å². The van der Waals surface area contributed by atoms with Crippen molar-refractivity contribution < 1.29 is 4.79 Å². The fraction of sp³-hybridized carbons (Fsp3) is 0.375. The number of amides is 1. The highest BCUT2D eigenvalue weighted by Gasteiger charge is 2.13. The summed E-state index contributed by atoms with van der Waals surface area (Å²) in [7, 11) is 0. The number of halogens is 1. The highest BCUT2D eigenvalue weighted by atomic mass is 35.5. The first kappa shape index (κ1) is 15.8. The van der Waals surface area contributed by atoms with Gasteiger partial charge in [-0.05, 0) is 44.1 Å². The molecule has 4 N–H and O–H groups in total. The molecule has 1 aromatic heterocycles. The van der Waals surface area contributed by atoms with E-state index in [4.69, 9.17) is 17.3 Å². The maximum Gasteiger partial charge on any atom is 0.274 e. The summed E-state index contributed by atoms with van der Waals surface area (Å²) in [5.41, 5.74) is 7.00. The number of nitrogens with one attached hydrogen (secondary N) is 2. The van der Waals surface area contributed by atoms with Crippen molar-refractivity contribution in [1.29, 1.82) is 0 Å². The zero-order chi connectivity index (χ0) is 16.2. The van der Waals surface area contributed by atoms with E-state index in [9.17, 15) is 4.79 Å². The third-order valence-corrected chi connectivity index (χ3v) is 4.32. The topological polar surface area (TPSA) is 86.5 Å². The Morgan fingerprint density at radius 2 is 2.17 bits per heavy atom. The van der Waals surface area contributed by atoms with Crippen LogP contribution >= 0.6 is 11.6 Å². The molecule has 0 saturated carbocycles. The third-order valence-electron chi connectivity index (χ3n) is 3.99. The van der Waals surface area contributed by atoms with E-state index >= 15 is 0 Å². The van der Waals surface area contributed by atoms with Crippen molar-refractivity contribution in [2.45, 2.75) is 12.8 Å². The van der Waals surface area contributed by atoms with Crippen LogP contribution in [0.4, 0.5) is 0 Å². The van der Waals surface area contributed by atoms with Gasteiger partial charge in [-0.2, -0.15) is 0 Å². The Kier molecular flexibility index (Phi) is 4.83. The quantitative estimate of drug-likeness (QED) is 0.590. The zero-order valence-electron chi connectivity index (χ0n) is 12.8. The zero-order valence-corrected chi connectivity index (χ0v) is 13.6. The van der Waals surface area contributed by atoms with E-state index in [2.05, 4.69) is 20.2 Å². The van der Waals surface area contributed by atoms with E-state index in [1.807, 2.05) is 12.1 Å². The molecule has 0 spiro atoms. The molecule has 23 heavy (non-hydrogen) atoms. The van der Waals surface area contributed by atoms with E-state index < -0.39 is 0 Å². The molecular weight excluding hydrogens is 314 g/mol. The van der Waals surface area contributed by atoms with Crippen molar-refractivity contribution in [2.75, 3.05) is 26.2 Å². The number of hydrogen-bond donors (Lipinski definition) is 3. The molecule has 1 saturated heterocycles. The van der Waals surface area contributed by atoms with E-state index in [-0.39, 0.29) is 11.9 Å². The first-order valence-electron chi connectivity index (χ1n) is 7.74. The largest absolute Gasteiger partial charge is 0.370 e.